The summed E-state index contributed by atoms with van der Waals surface area (Å²) in [5.41, 5.74) is 2.54. The van der Waals surface area contributed by atoms with Crippen LogP contribution >= 0.6 is 0 Å². The lowest BCUT2D eigenvalue weighted by atomic mass is 9.72. The molecule has 0 aromatic heterocycles. The number of carbonyl (C=O) groups is 1. The zero-order valence-corrected chi connectivity index (χ0v) is 21.7. The summed E-state index contributed by atoms with van der Waals surface area (Å²) in [5, 5.41) is 3.22. The molecule has 0 aromatic rings. The Bertz CT molecular complexity index is 539. The summed E-state index contributed by atoms with van der Waals surface area (Å²) < 4.78 is 0. The van der Waals surface area contributed by atoms with E-state index in [4.69, 9.17) is 0 Å². The predicted octanol–water partition coefficient (Wildman–Crippen LogP) is 6.97. The molecule has 1 saturated carbocycles. The summed E-state index contributed by atoms with van der Waals surface area (Å²) in [4.78, 5) is 13.5. The van der Waals surface area contributed by atoms with Gasteiger partial charge < -0.3 is 10.2 Å². The summed E-state index contributed by atoms with van der Waals surface area (Å²) in [6.07, 6.45) is 16.0. The molecule has 1 unspecified atom stereocenters. The molecule has 0 radical (unpaired) electrons. The molecule has 3 fully saturated rings. The first-order valence-corrected chi connectivity index (χ1v) is 13.2. The standard InChI is InChI=1S/C14H25N.C10H18O.C4H9N/c1-14(2,3)12-6-8-13(9-7-12)15-10-4-5-11-15;1-10(2,3)8-4-6-9(11)7-5-8;1-2-4-5-3-1/h8,12H,4-7,9-11H2,1-3H3;8H,4-7H2,1-3H3;5H,1-4H2. The van der Waals surface area contributed by atoms with E-state index < -0.39 is 0 Å². The Morgan fingerprint density at radius 1 is 0.774 bits per heavy atom. The third kappa shape index (κ3) is 9.68. The van der Waals surface area contributed by atoms with Crippen molar-refractivity contribution in [2.24, 2.45) is 22.7 Å². The maximum Gasteiger partial charge on any atom is 0.132 e. The van der Waals surface area contributed by atoms with Crippen LogP contribution in [0.4, 0.5) is 0 Å². The van der Waals surface area contributed by atoms with Crippen LogP contribution in [-0.2, 0) is 4.79 Å². The van der Waals surface area contributed by atoms with Crippen LogP contribution < -0.4 is 5.32 Å². The van der Waals surface area contributed by atoms with Crippen LogP contribution in [0.1, 0.15) is 112 Å². The lowest BCUT2D eigenvalue weighted by Crippen LogP contribution is -2.26. The van der Waals surface area contributed by atoms with Gasteiger partial charge in [-0.1, -0.05) is 47.6 Å². The fourth-order valence-corrected chi connectivity index (χ4v) is 5.33. The molecule has 0 aromatic carbocycles. The summed E-state index contributed by atoms with van der Waals surface area (Å²) in [7, 11) is 0. The number of Topliss-reactive ketones (excluding diaryl/α,β-unsaturated/α-hetero) is 1. The molecule has 0 amide bonds. The van der Waals surface area contributed by atoms with E-state index in [0.717, 1.165) is 37.5 Å². The normalized spacial score (nSPS) is 25.4. The van der Waals surface area contributed by atoms with E-state index >= 15 is 0 Å². The minimum Gasteiger partial charge on any atom is -0.375 e. The number of hydrogen-bond donors (Lipinski definition) is 1. The quantitative estimate of drug-likeness (QED) is 0.485. The van der Waals surface area contributed by atoms with Gasteiger partial charge in [0.05, 0.1) is 0 Å². The largest absolute Gasteiger partial charge is 0.375 e. The van der Waals surface area contributed by atoms with E-state index in [1.165, 1.54) is 71.1 Å². The molecule has 2 aliphatic carbocycles. The monoisotopic (exact) mass is 432 g/mol. The minimum atomic E-state index is 0.403. The van der Waals surface area contributed by atoms with Crippen LogP contribution in [-0.4, -0.2) is 36.9 Å². The summed E-state index contributed by atoms with van der Waals surface area (Å²) in [5.74, 6) is 2.12. The average Bonchev–Trinajstić information content (AvgIpc) is 3.44. The second-order valence-corrected chi connectivity index (χ2v) is 12.4. The van der Waals surface area contributed by atoms with Crippen LogP contribution in [0.15, 0.2) is 11.8 Å². The first-order valence-electron chi connectivity index (χ1n) is 13.2. The van der Waals surface area contributed by atoms with Gasteiger partial charge in [-0.05, 0) is 93.5 Å². The Morgan fingerprint density at radius 2 is 1.29 bits per heavy atom. The molecule has 4 rings (SSSR count). The third-order valence-electron chi connectivity index (χ3n) is 7.85. The van der Waals surface area contributed by atoms with E-state index in [0.29, 0.717) is 16.6 Å². The van der Waals surface area contributed by atoms with Gasteiger partial charge in [-0.15, -0.1) is 0 Å². The minimum absolute atomic E-state index is 0.403. The highest BCUT2D eigenvalue weighted by Gasteiger charge is 2.29. The molecule has 1 atom stereocenters. The van der Waals surface area contributed by atoms with Gasteiger partial charge in [0, 0.05) is 31.6 Å². The maximum absolute atomic E-state index is 10.9. The first-order chi connectivity index (χ1) is 14.6. The number of rotatable bonds is 1. The van der Waals surface area contributed by atoms with Crippen LogP contribution in [0, 0.1) is 22.7 Å². The van der Waals surface area contributed by atoms with Gasteiger partial charge in [-0.2, -0.15) is 0 Å². The Hall–Kier alpha value is -0.830. The number of allylic oxidation sites excluding steroid dienone is 2. The van der Waals surface area contributed by atoms with Gasteiger partial charge in [0.2, 0.25) is 0 Å². The molecule has 31 heavy (non-hydrogen) atoms. The van der Waals surface area contributed by atoms with Crippen molar-refractivity contribution in [3.63, 3.8) is 0 Å². The van der Waals surface area contributed by atoms with Crippen LogP contribution in [0.2, 0.25) is 0 Å². The zero-order valence-electron chi connectivity index (χ0n) is 21.7. The Morgan fingerprint density at radius 3 is 1.68 bits per heavy atom. The van der Waals surface area contributed by atoms with E-state index in [9.17, 15) is 4.79 Å². The highest BCUT2D eigenvalue weighted by Crippen LogP contribution is 2.38. The lowest BCUT2D eigenvalue weighted by molar-refractivity contribution is -0.121. The SMILES string of the molecule is C1CCNC1.CC(C)(C)C1CC=C(N2CCCC2)CC1.CC(C)(C)C1CCC(=O)CC1. The summed E-state index contributed by atoms with van der Waals surface area (Å²) in [6, 6.07) is 0. The number of ketones is 1. The van der Waals surface area contributed by atoms with Gasteiger partial charge in [0.25, 0.3) is 0 Å². The molecule has 0 bridgehead atoms. The number of carbonyl (C=O) groups excluding carboxylic acids is 1. The molecule has 4 aliphatic rings. The number of likely N-dealkylation sites (tertiary alicyclic amines) is 1. The van der Waals surface area contributed by atoms with Gasteiger partial charge in [-0.25, -0.2) is 0 Å². The molecule has 3 heteroatoms. The first kappa shape index (κ1) is 26.4. The zero-order chi connectivity index (χ0) is 22.9. The third-order valence-corrected chi connectivity index (χ3v) is 7.85. The molecule has 2 heterocycles. The van der Waals surface area contributed by atoms with Crippen molar-refractivity contribution >= 4 is 5.78 Å². The van der Waals surface area contributed by atoms with Crippen LogP contribution in [0.5, 0.6) is 0 Å². The smallest absolute Gasteiger partial charge is 0.132 e. The van der Waals surface area contributed by atoms with Crippen molar-refractivity contribution in [1.29, 1.82) is 0 Å². The van der Waals surface area contributed by atoms with Gasteiger partial charge in [-0.3, -0.25) is 4.79 Å². The Kier molecular flexibility index (Phi) is 10.6. The van der Waals surface area contributed by atoms with Gasteiger partial charge in [0.1, 0.15) is 5.78 Å². The maximum atomic E-state index is 10.9. The number of nitrogens with zero attached hydrogens (tertiary/aromatic N) is 1. The Balaban J connectivity index is 0.000000186. The molecule has 2 saturated heterocycles. The highest BCUT2D eigenvalue weighted by atomic mass is 16.1. The van der Waals surface area contributed by atoms with Crippen molar-refractivity contribution in [2.75, 3.05) is 26.2 Å². The van der Waals surface area contributed by atoms with E-state index in [-0.39, 0.29) is 0 Å². The summed E-state index contributed by atoms with van der Waals surface area (Å²) >= 11 is 0. The Labute approximate surface area is 193 Å². The fourth-order valence-electron chi connectivity index (χ4n) is 5.33. The van der Waals surface area contributed by atoms with Gasteiger partial charge in [0.15, 0.2) is 0 Å². The topological polar surface area (TPSA) is 32.3 Å². The number of hydrogen-bond acceptors (Lipinski definition) is 3. The van der Waals surface area contributed by atoms with E-state index in [1.807, 2.05) is 0 Å². The number of nitrogens with one attached hydrogen (secondary N) is 1. The van der Waals surface area contributed by atoms with Gasteiger partial charge >= 0.3 is 0 Å². The van der Waals surface area contributed by atoms with Crippen molar-refractivity contribution in [3.8, 4) is 0 Å². The van der Waals surface area contributed by atoms with E-state index in [1.54, 1.807) is 5.70 Å². The van der Waals surface area contributed by atoms with E-state index in [2.05, 4.69) is 57.8 Å². The second kappa shape index (κ2) is 12.4. The molecular weight excluding hydrogens is 380 g/mol. The lowest BCUT2D eigenvalue weighted by Gasteiger charge is -2.35. The molecule has 180 valence electrons. The van der Waals surface area contributed by atoms with Crippen molar-refractivity contribution in [1.82, 2.24) is 10.2 Å². The average molecular weight is 433 g/mol. The predicted molar refractivity (Wildman–Crippen MR) is 134 cm³/mol. The second-order valence-electron chi connectivity index (χ2n) is 12.4. The highest BCUT2D eigenvalue weighted by molar-refractivity contribution is 5.79. The van der Waals surface area contributed by atoms with Crippen LogP contribution in [0.3, 0.4) is 0 Å². The molecule has 1 N–H and O–H groups in total. The molecule has 3 nitrogen and oxygen atoms in total. The fraction of sp³-hybridized carbons (Fsp3) is 0.893. The van der Waals surface area contributed by atoms with Crippen LogP contribution in [0.25, 0.3) is 0 Å². The summed E-state index contributed by atoms with van der Waals surface area (Å²) in [6.45, 7) is 19.1. The molecule has 2 aliphatic heterocycles. The van der Waals surface area contributed by atoms with Crippen molar-refractivity contribution in [2.45, 2.75) is 112 Å². The van der Waals surface area contributed by atoms with Crippen molar-refractivity contribution < 1.29 is 4.79 Å². The molecular formula is C28H52N2O. The van der Waals surface area contributed by atoms with Crippen molar-refractivity contribution in [3.05, 3.63) is 11.8 Å². The molecule has 0 spiro atoms.